The van der Waals surface area contributed by atoms with Crippen LogP contribution in [-0.2, 0) is 17.8 Å². The Morgan fingerprint density at radius 1 is 1.50 bits per heavy atom. The summed E-state index contributed by atoms with van der Waals surface area (Å²) in [6.45, 7) is 6.13. The predicted molar refractivity (Wildman–Crippen MR) is 74.6 cm³/mol. The number of amides is 1. The molecule has 0 aliphatic carbocycles. The van der Waals surface area contributed by atoms with Crippen LogP contribution in [0.3, 0.4) is 0 Å². The summed E-state index contributed by atoms with van der Waals surface area (Å²) in [6.07, 6.45) is 2.65. The third-order valence-corrected chi connectivity index (χ3v) is 3.65. The van der Waals surface area contributed by atoms with Crippen LogP contribution in [0.5, 0.6) is 0 Å². The minimum atomic E-state index is 0.135. The van der Waals surface area contributed by atoms with E-state index < -0.39 is 0 Å². The summed E-state index contributed by atoms with van der Waals surface area (Å²) in [4.78, 5) is 11.9. The molecule has 3 heteroatoms. The zero-order chi connectivity index (χ0) is 13.0. The van der Waals surface area contributed by atoms with Crippen molar-refractivity contribution in [1.29, 1.82) is 0 Å². The predicted octanol–water partition coefficient (Wildman–Crippen LogP) is 2.71. The highest BCUT2D eigenvalue weighted by atomic mass is 16.1. The Kier molecular flexibility index (Phi) is 4.37. The fraction of sp³-hybridized carbons (Fsp3) is 0.533. The molecule has 0 saturated heterocycles. The Hall–Kier alpha value is -1.35. The lowest BCUT2D eigenvalue weighted by molar-refractivity contribution is -0.117. The topological polar surface area (TPSA) is 41.1 Å². The summed E-state index contributed by atoms with van der Waals surface area (Å²) in [5, 5.41) is 6.42. The molecule has 1 aliphatic heterocycles. The molecule has 2 rings (SSSR count). The van der Waals surface area contributed by atoms with E-state index in [1.807, 2.05) is 12.1 Å². The molecule has 3 nitrogen and oxygen atoms in total. The van der Waals surface area contributed by atoms with Gasteiger partial charge in [-0.2, -0.15) is 0 Å². The van der Waals surface area contributed by atoms with Crippen LogP contribution >= 0.6 is 0 Å². The molecule has 1 aliphatic rings. The van der Waals surface area contributed by atoms with Crippen LogP contribution in [0.25, 0.3) is 0 Å². The van der Waals surface area contributed by atoms with Gasteiger partial charge in [0.15, 0.2) is 0 Å². The van der Waals surface area contributed by atoms with Crippen LogP contribution in [0.2, 0.25) is 0 Å². The number of fused-ring (bicyclic) bond motifs is 1. The molecular formula is C15H22N2O. The quantitative estimate of drug-likeness (QED) is 0.857. The second-order valence-corrected chi connectivity index (χ2v) is 5.14. The first-order valence-corrected chi connectivity index (χ1v) is 6.82. The van der Waals surface area contributed by atoms with Gasteiger partial charge in [0.05, 0.1) is 0 Å². The van der Waals surface area contributed by atoms with Gasteiger partial charge in [0.2, 0.25) is 5.91 Å². The van der Waals surface area contributed by atoms with Gasteiger partial charge in [-0.05, 0) is 36.1 Å². The first-order chi connectivity index (χ1) is 8.70. The van der Waals surface area contributed by atoms with Crippen molar-refractivity contribution < 1.29 is 4.79 Å². The van der Waals surface area contributed by atoms with Crippen LogP contribution in [0.15, 0.2) is 18.2 Å². The number of anilines is 1. The molecule has 0 bridgehead atoms. The third kappa shape index (κ3) is 3.10. The molecule has 98 valence electrons. The summed E-state index contributed by atoms with van der Waals surface area (Å²) in [7, 11) is 0. The van der Waals surface area contributed by atoms with E-state index >= 15 is 0 Å². The molecule has 18 heavy (non-hydrogen) atoms. The number of hydrogen-bond acceptors (Lipinski definition) is 2. The molecule has 2 N–H and O–H groups in total. The van der Waals surface area contributed by atoms with Crippen molar-refractivity contribution in [1.82, 2.24) is 5.32 Å². The number of rotatable bonds is 4. The average Bonchev–Trinajstić information content (AvgIpc) is 2.39. The number of hydrogen-bond donors (Lipinski definition) is 2. The van der Waals surface area contributed by atoms with Crippen molar-refractivity contribution in [3.8, 4) is 0 Å². The van der Waals surface area contributed by atoms with Gasteiger partial charge >= 0.3 is 0 Å². The van der Waals surface area contributed by atoms with Gasteiger partial charge in [-0.15, -0.1) is 0 Å². The first kappa shape index (κ1) is 13.1. The zero-order valence-electron chi connectivity index (χ0n) is 11.3. The Morgan fingerprint density at radius 3 is 3.11 bits per heavy atom. The van der Waals surface area contributed by atoms with Gasteiger partial charge in [0, 0.05) is 18.7 Å². The fourth-order valence-corrected chi connectivity index (χ4v) is 2.31. The summed E-state index contributed by atoms with van der Waals surface area (Å²) < 4.78 is 0. The SMILES string of the molecule is CCC(C)CC(=O)Nc1cccc2c1CCNC2. The number of carbonyl (C=O) groups excluding carboxylic acids is 1. The molecule has 1 aromatic rings. The summed E-state index contributed by atoms with van der Waals surface area (Å²) in [5.41, 5.74) is 3.61. The normalized spacial score (nSPS) is 15.9. The molecule has 1 amide bonds. The maximum atomic E-state index is 11.9. The summed E-state index contributed by atoms with van der Waals surface area (Å²) >= 11 is 0. The van der Waals surface area contributed by atoms with Crippen molar-refractivity contribution in [2.45, 2.75) is 39.7 Å². The van der Waals surface area contributed by atoms with Gasteiger partial charge in [0.1, 0.15) is 0 Å². The van der Waals surface area contributed by atoms with Crippen LogP contribution in [-0.4, -0.2) is 12.5 Å². The highest BCUT2D eigenvalue weighted by Gasteiger charge is 2.14. The minimum Gasteiger partial charge on any atom is -0.326 e. The van der Waals surface area contributed by atoms with Crippen molar-refractivity contribution in [3.05, 3.63) is 29.3 Å². The van der Waals surface area contributed by atoms with Crippen LogP contribution < -0.4 is 10.6 Å². The molecule has 0 aromatic heterocycles. The second kappa shape index (κ2) is 6.01. The smallest absolute Gasteiger partial charge is 0.224 e. The molecule has 1 heterocycles. The third-order valence-electron chi connectivity index (χ3n) is 3.65. The number of benzene rings is 1. The van der Waals surface area contributed by atoms with E-state index in [0.717, 1.165) is 31.6 Å². The molecule has 0 spiro atoms. The van der Waals surface area contributed by atoms with Crippen molar-refractivity contribution in [3.63, 3.8) is 0 Å². The van der Waals surface area contributed by atoms with Gasteiger partial charge in [-0.25, -0.2) is 0 Å². The van der Waals surface area contributed by atoms with E-state index in [-0.39, 0.29) is 5.91 Å². The lowest BCUT2D eigenvalue weighted by Crippen LogP contribution is -2.25. The second-order valence-electron chi connectivity index (χ2n) is 5.14. The Labute approximate surface area is 109 Å². The monoisotopic (exact) mass is 246 g/mol. The van der Waals surface area contributed by atoms with Crippen molar-refractivity contribution >= 4 is 11.6 Å². The highest BCUT2D eigenvalue weighted by Crippen LogP contribution is 2.23. The Morgan fingerprint density at radius 2 is 2.33 bits per heavy atom. The minimum absolute atomic E-state index is 0.135. The van der Waals surface area contributed by atoms with Gasteiger partial charge in [0.25, 0.3) is 0 Å². The van der Waals surface area contributed by atoms with Crippen LogP contribution in [0, 0.1) is 5.92 Å². The van der Waals surface area contributed by atoms with Crippen molar-refractivity contribution in [2.75, 3.05) is 11.9 Å². The lowest BCUT2D eigenvalue weighted by Gasteiger charge is -2.21. The molecule has 0 saturated carbocycles. The summed E-state index contributed by atoms with van der Waals surface area (Å²) in [5.74, 6) is 0.586. The standard InChI is InChI=1S/C15H22N2O/c1-3-11(2)9-15(18)17-14-6-4-5-12-10-16-8-7-13(12)14/h4-6,11,16H,3,7-10H2,1-2H3,(H,17,18). The maximum absolute atomic E-state index is 11.9. The van der Waals surface area contributed by atoms with E-state index in [0.29, 0.717) is 12.3 Å². The van der Waals surface area contributed by atoms with Crippen LogP contribution in [0.4, 0.5) is 5.69 Å². The Balaban J connectivity index is 2.07. The van der Waals surface area contributed by atoms with E-state index in [1.54, 1.807) is 0 Å². The Bertz CT molecular complexity index is 429. The first-order valence-electron chi connectivity index (χ1n) is 6.82. The van der Waals surface area contributed by atoms with E-state index in [9.17, 15) is 4.79 Å². The molecule has 0 radical (unpaired) electrons. The number of carbonyl (C=O) groups is 1. The number of nitrogens with one attached hydrogen (secondary N) is 2. The highest BCUT2D eigenvalue weighted by molar-refractivity contribution is 5.91. The van der Waals surface area contributed by atoms with Gasteiger partial charge < -0.3 is 10.6 Å². The van der Waals surface area contributed by atoms with E-state index in [1.165, 1.54) is 11.1 Å². The van der Waals surface area contributed by atoms with Crippen LogP contribution in [0.1, 0.15) is 37.8 Å². The molecule has 1 unspecified atom stereocenters. The summed E-state index contributed by atoms with van der Waals surface area (Å²) in [6, 6.07) is 6.16. The molecular weight excluding hydrogens is 224 g/mol. The molecule has 0 fully saturated rings. The fourth-order valence-electron chi connectivity index (χ4n) is 2.31. The van der Waals surface area contributed by atoms with Gasteiger partial charge in [-0.1, -0.05) is 32.4 Å². The molecule has 1 aromatic carbocycles. The van der Waals surface area contributed by atoms with Gasteiger partial charge in [-0.3, -0.25) is 4.79 Å². The lowest BCUT2D eigenvalue weighted by atomic mass is 9.98. The largest absolute Gasteiger partial charge is 0.326 e. The molecule has 1 atom stereocenters. The van der Waals surface area contributed by atoms with E-state index in [2.05, 4.69) is 30.5 Å². The average molecular weight is 246 g/mol. The van der Waals surface area contributed by atoms with E-state index in [4.69, 9.17) is 0 Å². The van der Waals surface area contributed by atoms with Crippen molar-refractivity contribution in [2.24, 2.45) is 5.92 Å². The maximum Gasteiger partial charge on any atom is 0.224 e. The zero-order valence-corrected chi connectivity index (χ0v) is 11.3.